The number of furan rings is 1. The third-order valence-electron chi connectivity index (χ3n) is 2.94. The highest BCUT2D eigenvalue weighted by Gasteiger charge is 2.13. The molecule has 0 saturated heterocycles. The van der Waals surface area contributed by atoms with Crippen molar-refractivity contribution in [1.82, 2.24) is 19.4 Å². The zero-order chi connectivity index (χ0) is 12.8. The number of aromatic amines is 1. The Bertz CT molecular complexity index is 934. The Morgan fingerprint density at radius 2 is 2.11 bits per heavy atom. The lowest BCUT2D eigenvalue weighted by Gasteiger charge is -1.98. The molecule has 0 aromatic carbocycles. The minimum atomic E-state index is -0.327. The molecule has 19 heavy (non-hydrogen) atoms. The predicted octanol–water partition coefficient (Wildman–Crippen LogP) is 1.83. The first-order valence-electron chi connectivity index (χ1n) is 5.74. The number of fused-ring (bicyclic) bond motifs is 3. The Kier molecular flexibility index (Phi) is 1.88. The molecule has 0 fully saturated rings. The molecular weight excluding hydrogens is 244 g/mol. The molecule has 0 amide bonds. The normalized spacial score (nSPS) is 11.4. The number of hydrogen-bond acceptors (Lipinski definition) is 4. The molecule has 0 saturated carbocycles. The molecule has 0 bridgehead atoms. The maximum atomic E-state index is 11.9. The van der Waals surface area contributed by atoms with Crippen molar-refractivity contribution in [2.24, 2.45) is 0 Å². The molecule has 0 atom stereocenters. The summed E-state index contributed by atoms with van der Waals surface area (Å²) in [6.45, 7) is 0. The summed E-state index contributed by atoms with van der Waals surface area (Å²) in [6, 6.07) is 9.00. The minimum Gasteiger partial charge on any atom is -0.461 e. The van der Waals surface area contributed by atoms with Crippen LogP contribution in [0.15, 0.2) is 52.0 Å². The molecule has 4 rings (SSSR count). The van der Waals surface area contributed by atoms with E-state index >= 15 is 0 Å². The van der Waals surface area contributed by atoms with Crippen molar-refractivity contribution in [3.8, 4) is 11.6 Å². The largest absolute Gasteiger partial charge is 0.461 e. The molecule has 0 aliphatic carbocycles. The van der Waals surface area contributed by atoms with E-state index in [-0.39, 0.29) is 5.56 Å². The van der Waals surface area contributed by atoms with Crippen molar-refractivity contribution in [3.63, 3.8) is 0 Å². The fraction of sp³-hybridized carbons (Fsp3) is 0. The van der Waals surface area contributed by atoms with E-state index in [0.717, 1.165) is 0 Å². The molecule has 0 aliphatic rings. The lowest BCUT2D eigenvalue weighted by molar-refractivity contribution is 0.578. The maximum Gasteiger partial charge on any atom is 0.299 e. The van der Waals surface area contributed by atoms with Gasteiger partial charge in [-0.3, -0.25) is 9.20 Å². The van der Waals surface area contributed by atoms with Gasteiger partial charge in [-0.2, -0.15) is 4.98 Å². The van der Waals surface area contributed by atoms with Crippen LogP contribution in [0.2, 0.25) is 0 Å². The molecule has 0 radical (unpaired) electrons. The molecule has 4 aromatic rings. The summed E-state index contributed by atoms with van der Waals surface area (Å²) in [4.78, 5) is 23.3. The Morgan fingerprint density at radius 1 is 1.16 bits per heavy atom. The smallest absolute Gasteiger partial charge is 0.299 e. The van der Waals surface area contributed by atoms with E-state index in [0.29, 0.717) is 28.4 Å². The lowest BCUT2D eigenvalue weighted by atomic mass is 10.4. The summed E-state index contributed by atoms with van der Waals surface area (Å²) >= 11 is 0. The van der Waals surface area contributed by atoms with Gasteiger partial charge < -0.3 is 9.40 Å². The Balaban J connectivity index is 2.16. The zero-order valence-corrected chi connectivity index (χ0v) is 9.70. The van der Waals surface area contributed by atoms with Crippen LogP contribution < -0.4 is 5.56 Å². The molecular formula is C13H8N4O2. The molecule has 4 aromatic heterocycles. The van der Waals surface area contributed by atoms with Crippen LogP contribution in [0, 0.1) is 0 Å². The van der Waals surface area contributed by atoms with E-state index in [1.807, 2.05) is 18.3 Å². The number of H-pyrrole nitrogens is 1. The first-order valence-corrected chi connectivity index (χ1v) is 5.74. The van der Waals surface area contributed by atoms with Crippen molar-refractivity contribution in [1.29, 1.82) is 0 Å². The predicted molar refractivity (Wildman–Crippen MR) is 68.8 cm³/mol. The van der Waals surface area contributed by atoms with Crippen LogP contribution in [0.25, 0.3) is 28.4 Å². The second-order valence-electron chi connectivity index (χ2n) is 4.11. The third kappa shape index (κ3) is 1.40. The van der Waals surface area contributed by atoms with Crippen molar-refractivity contribution in [2.45, 2.75) is 0 Å². The van der Waals surface area contributed by atoms with Crippen LogP contribution in [0.3, 0.4) is 0 Å². The van der Waals surface area contributed by atoms with Crippen molar-refractivity contribution >= 4 is 16.8 Å². The number of nitrogens with zero attached hydrogens (tertiary/aromatic N) is 3. The van der Waals surface area contributed by atoms with Crippen molar-refractivity contribution in [2.75, 3.05) is 0 Å². The van der Waals surface area contributed by atoms with Crippen LogP contribution in [-0.4, -0.2) is 19.4 Å². The van der Waals surface area contributed by atoms with Crippen LogP contribution in [0.1, 0.15) is 0 Å². The van der Waals surface area contributed by atoms with Crippen LogP contribution in [0.5, 0.6) is 0 Å². The van der Waals surface area contributed by atoms with Gasteiger partial charge in [-0.05, 0) is 24.3 Å². The number of hydrogen-bond donors (Lipinski definition) is 1. The first kappa shape index (κ1) is 10.1. The second-order valence-corrected chi connectivity index (χ2v) is 4.11. The SMILES string of the molecule is O=c1nc2ccccn2c2nc(-c3ccco3)[nH]c12. The van der Waals surface area contributed by atoms with E-state index in [2.05, 4.69) is 15.0 Å². The summed E-state index contributed by atoms with van der Waals surface area (Å²) in [5, 5.41) is 0. The summed E-state index contributed by atoms with van der Waals surface area (Å²) in [6.07, 6.45) is 3.38. The van der Waals surface area contributed by atoms with Gasteiger partial charge in [0.05, 0.1) is 6.26 Å². The summed E-state index contributed by atoms with van der Waals surface area (Å²) in [7, 11) is 0. The Morgan fingerprint density at radius 3 is 2.95 bits per heavy atom. The lowest BCUT2D eigenvalue weighted by Crippen LogP contribution is -2.10. The highest BCUT2D eigenvalue weighted by Crippen LogP contribution is 2.19. The van der Waals surface area contributed by atoms with Crippen LogP contribution in [-0.2, 0) is 0 Å². The van der Waals surface area contributed by atoms with E-state index in [1.54, 1.807) is 28.9 Å². The summed E-state index contributed by atoms with van der Waals surface area (Å²) in [5.41, 5.74) is 1.15. The van der Waals surface area contributed by atoms with Gasteiger partial charge in [-0.25, -0.2) is 4.98 Å². The van der Waals surface area contributed by atoms with Crippen LogP contribution >= 0.6 is 0 Å². The highest BCUT2D eigenvalue weighted by atomic mass is 16.3. The molecule has 0 unspecified atom stereocenters. The Hall–Kier alpha value is -2.89. The topological polar surface area (TPSA) is 76.2 Å². The standard InChI is InChI=1S/C13H8N4O2/c18-13-10-12(17-6-2-1-5-9(17)14-13)16-11(15-10)8-4-3-7-19-8/h1-7H,(H,15,16). The molecule has 92 valence electrons. The second kappa shape index (κ2) is 3.55. The number of pyridine rings is 1. The van der Waals surface area contributed by atoms with Gasteiger partial charge in [-0.15, -0.1) is 0 Å². The molecule has 0 spiro atoms. The first-order chi connectivity index (χ1) is 9.33. The number of nitrogens with one attached hydrogen (secondary N) is 1. The van der Waals surface area contributed by atoms with Gasteiger partial charge in [-0.1, -0.05) is 6.07 Å². The zero-order valence-electron chi connectivity index (χ0n) is 9.70. The maximum absolute atomic E-state index is 11.9. The number of imidazole rings is 1. The van der Waals surface area contributed by atoms with Gasteiger partial charge in [0.15, 0.2) is 22.7 Å². The van der Waals surface area contributed by atoms with E-state index in [4.69, 9.17) is 4.42 Å². The van der Waals surface area contributed by atoms with E-state index in [9.17, 15) is 4.79 Å². The summed E-state index contributed by atoms with van der Waals surface area (Å²) < 4.78 is 7.04. The number of aromatic nitrogens is 4. The average molecular weight is 252 g/mol. The highest BCUT2D eigenvalue weighted by molar-refractivity contribution is 5.76. The van der Waals surface area contributed by atoms with E-state index < -0.39 is 0 Å². The minimum absolute atomic E-state index is 0.327. The van der Waals surface area contributed by atoms with Gasteiger partial charge in [0.25, 0.3) is 5.56 Å². The Labute approximate surface area is 106 Å². The third-order valence-corrected chi connectivity index (χ3v) is 2.94. The van der Waals surface area contributed by atoms with Gasteiger partial charge >= 0.3 is 0 Å². The molecule has 4 heterocycles. The van der Waals surface area contributed by atoms with Gasteiger partial charge in [0, 0.05) is 6.20 Å². The van der Waals surface area contributed by atoms with Gasteiger partial charge in [0.2, 0.25) is 0 Å². The fourth-order valence-electron chi connectivity index (χ4n) is 2.08. The van der Waals surface area contributed by atoms with E-state index in [1.165, 1.54) is 0 Å². The van der Waals surface area contributed by atoms with Gasteiger partial charge in [0.1, 0.15) is 5.65 Å². The number of rotatable bonds is 1. The molecule has 1 N–H and O–H groups in total. The molecule has 6 heteroatoms. The average Bonchev–Trinajstić information content (AvgIpc) is 3.08. The summed E-state index contributed by atoms with van der Waals surface area (Å²) in [5.74, 6) is 1.10. The molecule has 6 nitrogen and oxygen atoms in total. The van der Waals surface area contributed by atoms with Crippen LogP contribution in [0.4, 0.5) is 0 Å². The fourth-order valence-corrected chi connectivity index (χ4v) is 2.08. The monoisotopic (exact) mass is 252 g/mol. The van der Waals surface area contributed by atoms with Crippen molar-refractivity contribution < 1.29 is 4.42 Å². The quantitative estimate of drug-likeness (QED) is 0.560. The molecule has 0 aliphatic heterocycles. The van der Waals surface area contributed by atoms with Crippen molar-refractivity contribution in [3.05, 3.63) is 53.1 Å².